The molecular weight excluding hydrogens is 255 g/mol. The monoisotopic (exact) mass is 272 g/mol. The molecule has 1 unspecified atom stereocenters. The molecule has 0 radical (unpaired) electrons. The van der Waals surface area contributed by atoms with E-state index in [1.807, 2.05) is 0 Å². The highest BCUT2D eigenvalue weighted by Crippen LogP contribution is 2.34. The van der Waals surface area contributed by atoms with Gasteiger partial charge in [0, 0.05) is 26.3 Å². The average Bonchev–Trinajstić information content (AvgIpc) is 2.34. The van der Waals surface area contributed by atoms with Crippen LogP contribution in [0.15, 0.2) is 12.1 Å². The molecule has 1 atom stereocenters. The molecule has 0 amide bonds. The highest BCUT2D eigenvalue weighted by molar-refractivity contribution is 6.31. The van der Waals surface area contributed by atoms with Crippen molar-refractivity contribution in [3.63, 3.8) is 0 Å². The van der Waals surface area contributed by atoms with E-state index in [0.717, 1.165) is 31.6 Å². The Balaban J connectivity index is 2.29. The summed E-state index contributed by atoms with van der Waals surface area (Å²) < 4.78 is 18.8. The van der Waals surface area contributed by atoms with E-state index in [-0.39, 0.29) is 10.6 Å². The fourth-order valence-corrected chi connectivity index (χ4v) is 2.56. The van der Waals surface area contributed by atoms with Crippen LogP contribution < -0.4 is 10.6 Å². The third kappa shape index (κ3) is 2.54. The van der Waals surface area contributed by atoms with E-state index < -0.39 is 5.82 Å². The van der Waals surface area contributed by atoms with Crippen LogP contribution in [-0.2, 0) is 4.74 Å². The fourth-order valence-electron chi connectivity index (χ4n) is 2.40. The van der Waals surface area contributed by atoms with E-state index in [4.69, 9.17) is 22.1 Å². The van der Waals surface area contributed by atoms with Crippen molar-refractivity contribution in [1.29, 1.82) is 0 Å². The Bertz CT molecular complexity index is 455. The third-order valence-corrected chi connectivity index (χ3v) is 3.85. The molecule has 2 rings (SSSR count). The normalized spacial score (nSPS) is 24.3. The van der Waals surface area contributed by atoms with Gasteiger partial charge in [0.15, 0.2) is 0 Å². The lowest BCUT2D eigenvalue weighted by atomic mass is 9.94. The number of halogens is 2. The number of ether oxygens (including phenoxy) is 1. The van der Waals surface area contributed by atoms with Gasteiger partial charge in [0.25, 0.3) is 0 Å². The highest BCUT2D eigenvalue weighted by Gasteiger charge is 2.31. The van der Waals surface area contributed by atoms with Gasteiger partial charge in [-0.15, -0.1) is 0 Å². The smallest absolute Gasteiger partial charge is 0.143 e. The van der Waals surface area contributed by atoms with E-state index in [0.29, 0.717) is 5.69 Å². The maximum atomic E-state index is 13.3. The molecule has 1 aromatic rings. The van der Waals surface area contributed by atoms with Gasteiger partial charge in [0.1, 0.15) is 5.82 Å². The predicted molar refractivity (Wildman–Crippen MR) is 72.7 cm³/mol. The van der Waals surface area contributed by atoms with Crippen LogP contribution in [0.3, 0.4) is 0 Å². The second kappa shape index (κ2) is 4.94. The minimum atomic E-state index is -0.482. The van der Waals surface area contributed by atoms with Gasteiger partial charge < -0.3 is 15.4 Å². The molecule has 0 aromatic heterocycles. The molecule has 1 aliphatic rings. The van der Waals surface area contributed by atoms with Crippen molar-refractivity contribution in [2.45, 2.75) is 25.4 Å². The van der Waals surface area contributed by atoms with Gasteiger partial charge in [-0.25, -0.2) is 4.39 Å². The highest BCUT2D eigenvalue weighted by atomic mass is 35.5. The Hall–Kier alpha value is -1.00. The lowest BCUT2D eigenvalue weighted by Crippen LogP contribution is -2.47. The minimum absolute atomic E-state index is 0.101. The summed E-state index contributed by atoms with van der Waals surface area (Å²) in [4.78, 5) is 2.10. The van der Waals surface area contributed by atoms with Crippen LogP contribution in [0.5, 0.6) is 0 Å². The van der Waals surface area contributed by atoms with E-state index in [9.17, 15) is 4.39 Å². The van der Waals surface area contributed by atoms with Crippen LogP contribution in [0.4, 0.5) is 15.8 Å². The summed E-state index contributed by atoms with van der Waals surface area (Å²) >= 11 is 5.82. The number of hydrogen-bond acceptors (Lipinski definition) is 3. The molecule has 0 saturated carbocycles. The van der Waals surface area contributed by atoms with Gasteiger partial charge in [-0.05, 0) is 25.8 Å². The van der Waals surface area contributed by atoms with Crippen molar-refractivity contribution in [1.82, 2.24) is 0 Å². The quantitative estimate of drug-likeness (QED) is 0.841. The summed E-state index contributed by atoms with van der Waals surface area (Å²) in [6, 6.07) is 2.87. The van der Waals surface area contributed by atoms with Crippen molar-refractivity contribution in [3.8, 4) is 0 Å². The molecule has 0 aliphatic carbocycles. The lowest BCUT2D eigenvalue weighted by molar-refractivity contribution is -0.00462. The summed E-state index contributed by atoms with van der Waals surface area (Å²) in [5.74, 6) is -0.482. The lowest BCUT2D eigenvalue weighted by Gasteiger charge is -2.41. The number of hydrogen-bond donors (Lipinski definition) is 1. The Morgan fingerprint density at radius 3 is 2.89 bits per heavy atom. The number of benzene rings is 1. The summed E-state index contributed by atoms with van der Waals surface area (Å²) in [5.41, 5.74) is 6.88. The van der Waals surface area contributed by atoms with Crippen LogP contribution in [0.1, 0.15) is 19.8 Å². The number of anilines is 2. The van der Waals surface area contributed by atoms with Crippen LogP contribution in [0.25, 0.3) is 0 Å². The second-order valence-corrected chi connectivity index (χ2v) is 5.41. The SMILES string of the molecule is COC1(C)CCCN(c2cc(Cl)c(F)cc2N)C1. The van der Waals surface area contributed by atoms with Gasteiger partial charge in [0.2, 0.25) is 0 Å². The number of rotatable bonds is 2. The van der Waals surface area contributed by atoms with E-state index in [1.165, 1.54) is 6.07 Å². The number of nitrogen functional groups attached to an aromatic ring is 1. The first-order chi connectivity index (χ1) is 8.45. The average molecular weight is 273 g/mol. The van der Waals surface area contributed by atoms with Crippen LogP contribution in [0.2, 0.25) is 5.02 Å². The first-order valence-corrected chi connectivity index (χ1v) is 6.37. The predicted octanol–water partition coefficient (Wildman–Crippen LogP) is 3.07. The first-order valence-electron chi connectivity index (χ1n) is 6.00. The van der Waals surface area contributed by atoms with Gasteiger partial charge in [0.05, 0.1) is 22.0 Å². The van der Waals surface area contributed by atoms with Crippen molar-refractivity contribution in [3.05, 3.63) is 23.0 Å². The summed E-state index contributed by atoms with van der Waals surface area (Å²) in [7, 11) is 1.71. The Morgan fingerprint density at radius 2 is 2.22 bits per heavy atom. The standard InChI is InChI=1S/C13H18ClFN2O/c1-13(18-2)4-3-5-17(8-13)12-6-9(14)10(15)7-11(12)16/h6-7H,3-5,8,16H2,1-2H3. The minimum Gasteiger partial charge on any atom is -0.397 e. The molecular formula is C13H18ClFN2O. The number of methoxy groups -OCH3 is 1. The summed E-state index contributed by atoms with van der Waals surface area (Å²) in [6.07, 6.45) is 2.02. The largest absolute Gasteiger partial charge is 0.397 e. The van der Waals surface area contributed by atoms with E-state index in [2.05, 4.69) is 11.8 Å². The third-order valence-electron chi connectivity index (χ3n) is 3.56. The number of piperidine rings is 1. The molecule has 1 aliphatic heterocycles. The molecule has 18 heavy (non-hydrogen) atoms. The van der Waals surface area contributed by atoms with Crippen LogP contribution in [-0.4, -0.2) is 25.8 Å². The van der Waals surface area contributed by atoms with Crippen molar-refractivity contribution >= 4 is 23.0 Å². The molecule has 1 heterocycles. The second-order valence-electron chi connectivity index (χ2n) is 5.00. The van der Waals surface area contributed by atoms with Gasteiger partial charge in [-0.3, -0.25) is 0 Å². The van der Waals surface area contributed by atoms with E-state index >= 15 is 0 Å². The maximum Gasteiger partial charge on any atom is 0.143 e. The van der Waals surface area contributed by atoms with Crippen molar-refractivity contribution in [2.75, 3.05) is 30.8 Å². The molecule has 1 saturated heterocycles. The summed E-state index contributed by atoms with van der Waals surface area (Å²) in [5, 5.41) is 0.101. The fraction of sp³-hybridized carbons (Fsp3) is 0.538. The van der Waals surface area contributed by atoms with Gasteiger partial charge in [-0.2, -0.15) is 0 Å². The molecule has 3 nitrogen and oxygen atoms in total. The van der Waals surface area contributed by atoms with Crippen molar-refractivity contribution < 1.29 is 9.13 Å². The maximum absolute atomic E-state index is 13.3. The van der Waals surface area contributed by atoms with Gasteiger partial charge >= 0.3 is 0 Å². The topological polar surface area (TPSA) is 38.5 Å². The Morgan fingerprint density at radius 1 is 1.50 bits per heavy atom. The van der Waals surface area contributed by atoms with Crippen LogP contribution >= 0.6 is 11.6 Å². The molecule has 0 spiro atoms. The van der Waals surface area contributed by atoms with Gasteiger partial charge in [-0.1, -0.05) is 11.6 Å². The molecule has 2 N–H and O–H groups in total. The molecule has 0 bridgehead atoms. The van der Waals surface area contributed by atoms with E-state index in [1.54, 1.807) is 13.2 Å². The Kier molecular flexibility index (Phi) is 3.69. The van der Waals surface area contributed by atoms with Crippen molar-refractivity contribution in [2.24, 2.45) is 0 Å². The van der Waals surface area contributed by atoms with Crippen LogP contribution in [0, 0.1) is 5.82 Å². The Labute approximate surface area is 112 Å². The molecule has 1 aromatic carbocycles. The zero-order chi connectivity index (χ0) is 13.3. The first kappa shape index (κ1) is 13.4. The number of nitrogens with two attached hydrogens (primary N) is 1. The molecule has 1 fully saturated rings. The number of nitrogens with zero attached hydrogens (tertiary/aromatic N) is 1. The molecule has 100 valence electrons. The zero-order valence-corrected chi connectivity index (χ0v) is 11.4. The summed E-state index contributed by atoms with van der Waals surface area (Å²) in [6.45, 7) is 3.68. The zero-order valence-electron chi connectivity index (χ0n) is 10.7. The molecule has 5 heteroatoms.